The quantitative estimate of drug-likeness (QED) is 0.866. The molecule has 1 atom stereocenters. The first-order valence-electron chi connectivity index (χ1n) is 7.70. The summed E-state index contributed by atoms with van der Waals surface area (Å²) < 4.78 is 5.71. The lowest BCUT2D eigenvalue weighted by atomic mass is 10.1. The van der Waals surface area contributed by atoms with E-state index in [0.29, 0.717) is 34.6 Å². The first-order valence-corrected chi connectivity index (χ1v) is 8.46. The fourth-order valence-electron chi connectivity index (χ4n) is 2.67. The monoisotopic (exact) mass is 378 g/mol. The summed E-state index contributed by atoms with van der Waals surface area (Å²) in [6, 6.07) is 12.3. The molecule has 0 saturated carbocycles. The number of nitrogens with two attached hydrogens (primary N) is 1. The molecule has 0 aromatic heterocycles. The summed E-state index contributed by atoms with van der Waals surface area (Å²) in [4.78, 5) is 24.8. The van der Waals surface area contributed by atoms with E-state index >= 15 is 0 Å². The number of benzene rings is 2. The van der Waals surface area contributed by atoms with E-state index in [-0.39, 0.29) is 12.3 Å². The van der Waals surface area contributed by atoms with Crippen molar-refractivity contribution >= 4 is 40.7 Å². The molecular formula is C18H16Cl2N2O3. The van der Waals surface area contributed by atoms with Gasteiger partial charge in [-0.2, -0.15) is 0 Å². The Morgan fingerprint density at radius 3 is 2.52 bits per heavy atom. The summed E-state index contributed by atoms with van der Waals surface area (Å²) in [7, 11) is 0. The molecule has 2 amide bonds. The van der Waals surface area contributed by atoms with E-state index in [1.807, 2.05) is 6.07 Å². The lowest BCUT2D eigenvalue weighted by Crippen LogP contribution is -2.28. The smallest absolute Gasteiger partial charge is 0.227 e. The van der Waals surface area contributed by atoms with E-state index in [1.165, 1.54) is 0 Å². The fourth-order valence-corrected chi connectivity index (χ4v) is 3.13. The first kappa shape index (κ1) is 17.6. The van der Waals surface area contributed by atoms with Crippen molar-refractivity contribution in [3.63, 3.8) is 0 Å². The van der Waals surface area contributed by atoms with Crippen LogP contribution in [0.15, 0.2) is 42.5 Å². The summed E-state index contributed by atoms with van der Waals surface area (Å²) in [5.41, 5.74) is 6.83. The summed E-state index contributed by atoms with van der Waals surface area (Å²) in [5.74, 6) is -0.343. The Morgan fingerprint density at radius 1 is 1.20 bits per heavy atom. The minimum Gasteiger partial charge on any atom is -0.489 e. The summed E-state index contributed by atoms with van der Waals surface area (Å²) >= 11 is 12.0. The SMILES string of the molecule is NC(=O)[C@@H]1CC(=O)N(c2ccc(OCc3ccc(Cl)cc3Cl)cc2)C1. The van der Waals surface area contributed by atoms with E-state index < -0.39 is 11.8 Å². The van der Waals surface area contributed by atoms with Crippen molar-refractivity contribution in [2.24, 2.45) is 11.7 Å². The molecule has 7 heteroatoms. The average molecular weight is 379 g/mol. The van der Waals surface area contributed by atoms with Crippen LogP contribution in [-0.2, 0) is 16.2 Å². The Balaban J connectivity index is 1.64. The molecule has 2 N–H and O–H groups in total. The maximum atomic E-state index is 12.0. The standard InChI is InChI=1S/C18H16Cl2N2O3/c19-13-2-1-11(16(20)8-13)10-25-15-5-3-14(4-6-15)22-9-12(18(21)24)7-17(22)23/h1-6,8,12H,7,9-10H2,(H2,21,24)/t12-/m1/s1. The predicted octanol–water partition coefficient (Wildman–Crippen LogP) is 3.41. The zero-order chi connectivity index (χ0) is 18.0. The molecule has 1 aliphatic heterocycles. The van der Waals surface area contributed by atoms with Crippen LogP contribution in [0.2, 0.25) is 10.0 Å². The number of halogens is 2. The highest BCUT2D eigenvalue weighted by Crippen LogP contribution is 2.27. The van der Waals surface area contributed by atoms with Gasteiger partial charge in [-0.3, -0.25) is 9.59 Å². The molecule has 1 fully saturated rings. The van der Waals surface area contributed by atoms with Gasteiger partial charge in [0.2, 0.25) is 11.8 Å². The van der Waals surface area contributed by atoms with Crippen molar-refractivity contribution in [2.45, 2.75) is 13.0 Å². The van der Waals surface area contributed by atoms with Gasteiger partial charge in [-0.25, -0.2) is 0 Å². The third-order valence-corrected chi connectivity index (χ3v) is 4.67. The first-order chi connectivity index (χ1) is 11.9. The van der Waals surface area contributed by atoms with Crippen molar-refractivity contribution in [3.05, 3.63) is 58.1 Å². The number of anilines is 1. The van der Waals surface area contributed by atoms with Crippen LogP contribution in [-0.4, -0.2) is 18.4 Å². The molecule has 130 valence electrons. The van der Waals surface area contributed by atoms with Crippen LogP contribution in [0.3, 0.4) is 0 Å². The Morgan fingerprint density at radius 2 is 1.92 bits per heavy atom. The normalized spacial score (nSPS) is 17.0. The van der Waals surface area contributed by atoms with E-state index in [4.69, 9.17) is 33.7 Å². The number of primary amides is 1. The van der Waals surface area contributed by atoms with Crippen LogP contribution in [0.5, 0.6) is 5.75 Å². The lowest BCUT2D eigenvalue weighted by molar-refractivity contribution is -0.123. The van der Waals surface area contributed by atoms with Crippen LogP contribution >= 0.6 is 23.2 Å². The summed E-state index contributed by atoms with van der Waals surface area (Å²) in [6.07, 6.45) is 0.155. The molecule has 0 radical (unpaired) electrons. The van der Waals surface area contributed by atoms with Crippen molar-refractivity contribution in [1.82, 2.24) is 0 Å². The molecule has 2 aromatic carbocycles. The topological polar surface area (TPSA) is 72.6 Å². The van der Waals surface area contributed by atoms with E-state index in [0.717, 1.165) is 5.56 Å². The van der Waals surface area contributed by atoms with Gasteiger partial charge in [-0.15, -0.1) is 0 Å². The van der Waals surface area contributed by atoms with Crippen LogP contribution in [0, 0.1) is 5.92 Å². The molecule has 1 aliphatic rings. The lowest BCUT2D eigenvalue weighted by Gasteiger charge is -2.17. The zero-order valence-corrected chi connectivity index (χ0v) is 14.8. The van der Waals surface area contributed by atoms with Crippen LogP contribution in [0.4, 0.5) is 5.69 Å². The number of hydrogen-bond acceptors (Lipinski definition) is 3. The second-order valence-electron chi connectivity index (χ2n) is 5.83. The Bertz CT molecular complexity index is 808. The van der Waals surface area contributed by atoms with Crippen LogP contribution in [0.1, 0.15) is 12.0 Å². The zero-order valence-electron chi connectivity index (χ0n) is 13.2. The van der Waals surface area contributed by atoms with Gasteiger partial charge < -0.3 is 15.4 Å². The van der Waals surface area contributed by atoms with Gasteiger partial charge in [0.05, 0.1) is 5.92 Å². The van der Waals surface area contributed by atoms with Crippen molar-refractivity contribution < 1.29 is 14.3 Å². The Hall–Kier alpha value is -2.24. The van der Waals surface area contributed by atoms with Crippen LogP contribution < -0.4 is 15.4 Å². The fraction of sp³-hybridized carbons (Fsp3) is 0.222. The highest BCUT2D eigenvalue weighted by atomic mass is 35.5. The second kappa shape index (κ2) is 7.33. The van der Waals surface area contributed by atoms with E-state index in [2.05, 4.69) is 0 Å². The Labute approximate surface area is 155 Å². The molecule has 1 saturated heterocycles. The number of hydrogen-bond donors (Lipinski definition) is 1. The molecule has 1 heterocycles. The van der Waals surface area contributed by atoms with Crippen molar-refractivity contribution in [3.8, 4) is 5.75 Å². The highest BCUT2D eigenvalue weighted by Gasteiger charge is 2.33. The van der Waals surface area contributed by atoms with E-state index in [9.17, 15) is 9.59 Å². The highest BCUT2D eigenvalue weighted by molar-refractivity contribution is 6.35. The molecule has 0 bridgehead atoms. The van der Waals surface area contributed by atoms with Gasteiger partial charge in [0.1, 0.15) is 12.4 Å². The van der Waals surface area contributed by atoms with Gasteiger partial charge in [-0.1, -0.05) is 29.3 Å². The summed E-state index contributed by atoms with van der Waals surface area (Å²) in [6.45, 7) is 0.622. The second-order valence-corrected chi connectivity index (χ2v) is 6.67. The number of amides is 2. The average Bonchev–Trinajstić information content (AvgIpc) is 2.97. The number of nitrogens with zero attached hydrogens (tertiary/aromatic N) is 1. The van der Waals surface area contributed by atoms with Gasteiger partial charge in [-0.05, 0) is 36.4 Å². The third-order valence-electron chi connectivity index (χ3n) is 4.09. The number of rotatable bonds is 5. The van der Waals surface area contributed by atoms with Crippen molar-refractivity contribution in [1.29, 1.82) is 0 Å². The van der Waals surface area contributed by atoms with Gasteiger partial charge >= 0.3 is 0 Å². The molecule has 0 aliphatic carbocycles. The molecule has 0 unspecified atom stereocenters. The van der Waals surface area contributed by atoms with Gasteiger partial charge in [0.15, 0.2) is 0 Å². The van der Waals surface area contributed by atoms with Gasteiger partial charge in [0.25, 0.3) is 0 Å². The maximum absolute atomic E-state index is 12.0. The summed E-state index contributed by atoms with van der Waals surface area (Å²) in [5, 5.41) is 1.12. The van der Waals surface area contributed by atoms with Crippen molar-refractivity contribution in [2.75, 3.05) is 11.4 Å². The largest absolute Gasteiger partial charge is 0.489 e. The molecular weight excluding hydrogens is 363 g/mol. The molecule has 3 rings (SSSR count). The maximum Gasteiger partial charge on any atom is 0.227 e. The predicted molar refractivity (Wildman–Crippen MR) is 96.9 cm³/mol. The number of carbonyl (C=O) groups is 2. The molecule has 5 nitrogen and oxygen atoms in total. The minimum absolute atomic E-state index is 0.106. The van der Waals surface area contributed by atoms with Crippen LogP contribution in [0.25, 0.3) is 0 Å². The van der Waals surface area contributed by atoms with Gasteiger partial charge in [0, 0.05) is 34.3 Å². The molecule has 25 heavy (non-hydrogen) atoms. The minimum atomic E-state index is -0.448. The Kier molecular flexibility index (Phi) is 5.16. The van der Waals surface area contributed by atoms with E-state index in [1.54, 1.807) is 41.3 Å². The third kappa shape index (κ3) is 4.06. The number of carbonyl (C=O) groups excluding carboxylic acids is 2. The molecule has 0 spiro atoms. The molecule has 2 aromatic rings. The number of ether oxygens (including phenoxy) is 1.